The van der Waals surface area contributed by atoms with E-state index in [9.17, 15) is 14.0 Å². The molecule has 0 aliphatic carbocycles. The first-order valence-corrected chi connectivity index (χ1v) is 8.88. The fourth-order valence-corrected chi connectivity index (χ4v) is 3.42. The van der Waals surface area contributed by atoms with Crippen molar-refractivity contribution in [3.63, 3.8) is 0 Å². The van der Waals surface area contributed by atoms with E-state index in [1.807, 2.05) is 6.07 Å². The van der Waals surface area contributed by atoms with Gasteiger partial charge in [-0.05, 0) is 46.3 Å². The van der Waals surface area contributed by atoms with Crippen LogP contribution in [-0.2, 0) is 4.79 Å². The van der Waals surface area contributed by atoms with Gasteiger partial charge in [0.1, 0.15) is 11.6 Å². The van der Waals surface area contributed by atoms with Gasteiger partial charge in [0.2, 0.25) is 0 Å². The van der Waals surface area contributed by atoms with Gasteiger partial charge < -0.3 is 10.1 Å². The topological polar surface area (TPSA) is 79.8 Å². The number of nitrogens with one attached hydrogen (secondary N) is 2. The number of ether oxygens (including phenoxy) is 1. The van der Waals surface area contributed by atoms with Gasteiger partial charge in [-0.1, -0.05) is 22.0 Å². The van der Waals surface area contributed by atoms with Crippen molar-refractivity contribution < 1.29 is 18.7 Å². The van der Waals surface area contributed by atoms with Crippen LogP contribution < -0.4 is 15.5 Å². The molecule has 9 heteroatoms. The fraction of sp³-hybridized carbons (Fsp3) is 0.118. The standard InChI is InChI=1S/C17H14Br2FN3O3/c1-26-16-11(5-12(18)7-14(16)19)8-22-23-15(24)9-21-17(25)10-3-2-4-13(20)6-10/h2-8H,9H2,1H3,(H,21,25)(H,23,24)/b22-8+. The van der Waals surface area contributed by atoms with Crippen LogP contribution in [0.1, 0.15) is 15.9 Å². The average molecular weight is 487 g/mol. The summed E-state index contributed by atoms with van der Waals surface area (Å²) in [5.74, 6) is -1.05. The molecule has 0 unspecified atom stereocenters. The SMILES string of the molecule is COc1c(Br)cc(Br)cc1/C=N/NC(=O)CNC(=O)c1cccc(F)c1. The molecule has 2 N–H and O–H groups in total. The number of halogens is 3. The Kier molecular flexibility index (Phi) is 7.28. The summed E-state index contributed by atoms with van der Waals surface area (Å²) < 4.78 is 19.9. The van der Waals surface area contributed by atoms with E-state index in [1.165, 1.54) is 31.5 Å². The molecule has 0 aliphatic rings. The summed E-state index contributed by atoms with van der Waals surface area (Å²) in [4.78, 5) is 23.6. The highest BCUT2D eigenvalue weighted by Crippen LogP contribution is 2.31. The van der Waals surface area contributed by atoms with Gasteiger partial charge in [-0.25, -0.2) is 9.82 Å². The minimum absolute atomic E-state index is 0.130. The van der Waals surface area contributed by atoms with Crippen molar-refractivity contribution in [1.82, 2.24) is 10.7 Å². The third kappa shape index (κ3) is 5.63. The molecule has 0 heterocycles. The van der Waals surface area contributed by atoms with Gasteiger partial charge >= 0.3 is 0 Å². The molecule has 0 aliphatic heterocycles. The monoisotopic (exact) mass is 485 g/mol. The van der Waals surface area contributed by atoms with Crippen molar-refractivity contribution in [3.8, 4) is 5.75 Å². The maximum Gasteiger partial charge on any atom is 0.259 e. The lowest BCUT2D eigenvalue weighted by atomic mass is 10.2. The fourth-order valence-electron chi connectivity index (χ4n) is 2.00. The highest BCUT2D eigenvalue weighted by molar-refractivity contribution is 9.11. The number of hydrogen-bond donors (Lipinski definition) is 2. The highest BCUT2D eigenvalue weighted by Gasteiger charge is 2.09. The third-order valence-corrected chi connectivity index (χ3v) is 4.18. The number of benzene rings is 2. The number of methoxy groups -OCH3 is 1. The highest BCUT2D eigenvalue weighted by atomic mass is 79.9. The molecule has 0 saturated heterocycles. The molecule has 0 aromatic heterocycles. The van der Waals surface area contributed by atoms with Gasteiger partial charge in [0.15, 0.2) is 0 Å². The molecule has 136 valence electrons. The summed E-state index contributed by atoms with van der Waals surface area (Å²) in [6.07, 6.45) is 1.42. The zero-order valence-electron chi connectivity index (χ0n) is 13.6. The van der Waals surface area contributed by atoms with Crippen molar-refractivity contribution in [2.45, 2.75) is 0 Å². The Morgan fingerprint density at radius 3 is 2.73 bits per heavy atom. The van der Waals surface area contributed by atoms with Crippen LogP contribution >= 0.6 is 31.9 Å². The number of hydrazone groups is 1. The van der Waals surface area contributed by atoms with E-state index in [0.717, 1.165) is 15.0 Å². The van der Waals surface area contributed by atoms with Gasteiger partial charge in [-0.15, -0.1) is 0 Å². The summed E-state index contributed by atoms with van der Waals surface area (Å²) >= 11 is 6.73. The zero-order chi connectivity index (χ0) is 19.1. The van der Waals surface area contributed by atoms with Crippen molar-refractivity contribution in [2.24, 2.45) is 5.10 Å². The maximum absolute atomic E-state index is 13.1. The van der Waals surface area contributed by atoms with Crippen molar-refractivity contribution in [1.29, 1.82) is 0 Å². The number of rotatable bonds is 6. The summed E-state index contributed by atoms with van der Waals surface area (Å²) in [6.45, 7) is -0.300. The Morgan fingerprint density at radius 2 is 2.04 bits per heavy atom. The third-order valence-electron chi connectivity index (χ3n) is 3.13. The summed E-state index contributed by atoms with van der Waals surface area (Å²) in [5, 5.41) is 6.22. The minimum atomic E-state index is -0.554. The number of hydrogen-bond acceptors (Lipinski definition) is 4. The second kappa shape index (κ2) is 9.44. The molecule has 6 nitrogen and oxygen atoms in total. The molecule has 0 spiro atoms. The lowest BCUT2D eigenvalue weighted by Crippen LogP contribution is -2.34. The van der Waals surface area contributed by atoms with E-state index in [0.29, 0.717) is 11.3 Å². The second-order valence-corrected chi connectivity index (χ2v) is 6.77. The zero-order valence-corrected chi connectivity index (χ0v) is 16.7. The van der Waals surface area contributed by atoms with Crippen LogP contribution in [-0.4, -0.2) is 31.7 Å². The van der Waals surface area contributed by atoms with Crippen molar-refractivity contribution in [2.75, 3.05) is 13.7 Å². The first-order chi connectivity index (χ1) is 12.4. The summed E-state index contributed by atoms with van der Waals surface area (Å²) in [5.41, 5.74) is 3.06. The Labute approximate surface area is 166 Å². The molecule has 0 radical (unpaired) electrons. The first kappa shape index (κ1) is 20.1. The Bertz CT molecular complexity index is 859. The van der Waals surface area contributed by atoms with E-state index in [4.69, 9.17) is 4.74 Å². The van der Waals surface area contributed by atoms with Crippen LogP contribution in [0.15, 0.2) is 50.4 Å². The number of carbonyl (C=O) groups is 2. The smallest absolute Gasteiger partial charge is 0.259 e. The Hall–Kier alpha value is -2.26. The van der Waals surface area contributed by atoms with E-state index in [2.05, 4.69) is 47.7 Å². The molecular weight excluding hydrogens is 473 g/mol. The van der Waals surface area contributed by atoms with Crippen LogP contribution in [0, 0.1) is 5.82 Å². The van der Waals surface area contributed by atoms with Gasteiger partial charge in [0.05, 0.1) is 24.3 Å². The average Bonchev–Trinajstić information content (AvgIpc) is 2.59. The molecule has 26 heavy (non-hydrogen) atoms. The lowest BCUT2D eigenvalue weighted by molar-refractivity contribution is -0.120. The minimum Gasteiger partial charge on any atom is -0.495 e. The van der Waals surface area contributed by atoms with E-state index >= 15 is 0 Å². The van der Waals surface area contributed by atoms with Crippen molar-refractivity contribution in [3.05, 3.63) is 62.3 Å². The van der Waals surface area contributed by atoms with Crippen LogP contribution in [0.25, 0.3) is 0 Å². The molecule has 2 amide bonds. The predicted molar refractivity (Wildman–Crippen MR) is 103 cm³/mol. The molecule has 0 bridgehead atoms. The largest absolute Gasteiger partial charge is 0.495 e. The van der Waals surface area contributed by atoms with E-state index in [1.54, 1.807) is 6.07 Å². The predicted octanol–water partition coefficient (Wildman–Crippen LogP) is 3.24. The van der Waals surface area contributed by atoms with Gasteiger partial charge in [-0.2, -0.15) is 5.10 Å². The van der Waals surface area contributed by atoms with Crippen LogP contribution in [0.5, 0.6) is 5.75 Å². The second-order valence-electron chi connectivity index (χ2n) is 5.00. The van der Waals surface area contributed by atoms with Crippen LogP contribution in [0.3, 0.4) is 0 Å². The molecule has 2 rings (SSSR count). The van der Waals surface area contributed by atoms with Crippen LogP contribution in [0.4, 0.5) is 4.39 Å². The Morgan fingerprint density at radius 1 is 1.27 bits per heavy atom. The number of carbonyl (C=O) groups excluding carboxylic acids is 2. The molecule has 0 atom stereocenters. The van der Waals surface area contributed by atoms with Crippen LogP contribution in [0.2, 0.25) is 0 Å². The van der Waals surface area contributed by atoms with Gasteiger partial charge in [-0.3, -0.25) is 9.59 Å². The normalized spacial score (nSPS) is 10.6. The van der Waals surface area contributed by atoms with E-state index < -0.39 is 17.6 Å². The molecule has 0 fully saturated rings. The summed E-state index contributed by atoms with van der Waals surface area (Å²) in [6, 6.07) is 8.77. The molecule has 2 aromatic rings. The van der Waals surface area contributed by atoms with E-state index in [-0.39, 0.29) is 12.1 Å². The maximum atomic E-state index is 13.1. The number of amides is 2. The Balaban J connectivity index is 1.91. The first-order valence-electron chi connectivity index (χ1n) is 7.29. The summed E-state index contributed by atoms with van der Waals surface area (Å²) in [7, 11) is 1.52. The van der Waals surface area contributed by atoms with Gasteiger partial charge in [0.25, 0.3) is 11.8 Å². The molecular formula is C17H14Br2FN3O3. The van der Waals surface area contributed by atoms with Gasteiger partial charge in [0, 0.05) is 15.6 Å². The van der Waals surface area contributed by atoms with Crippen molar-refractivity contribution >= 4 is 49.9 Å². The molecule has 0 saturated carbocycles. The lowest BCUT2D eigenvalue weighted by Gasteiger charge is -2.08. The quantitative estimate of drug-likeness (QED) is 0.486. The molecule has 2 aromatic carbocycles. The number of nitrogens with zero attached hydrogens (tertiary/aromatic N) is 1.